The van der Waals surface area contributed by atoms with E-state index >= 15 is 0 Å². The molecule has 1 unspecified atom stereocenters. The van der Waals surface area contributed by atoms with Gasteiger partial charge in [0.25, 0.3) is 0 Å². The number of ether oxygens (including phenoxy) is 1. The number of hydrogen-bond donors (Lipinski definition) is 0. The summed E-state index contributed by atoms with van der Waals surface area (Å²) in [6, 6.07) is 37.0. The summed E-state index contributed by atoms with van der Waals surface area (Å²) >= 11 is 0. The van der Waals surface area contributed by atoms with Gasteiger partial charge in [0.2, 0.25) is 0 Å². The molecule has 0 radical (unpaired) electrons. The molecular weight excluding hydrogens is 796 g/mol. The van der Waals surface area contributed by atoms with Gasteiger partial charge in [-0.1, -0.05) is 89.5 Å². The van der Waals surface area contributed by atoms with Gasteiger partial charge in [-0.25, -0.2) is 4.98 Å². The van der Waals surface area contributed by atoms with E-state index in [1.54, 1.807) is 0 Å². The Bertz CT molecular complexity index is 2330. The summed E-state index contributed by atoms with van der Waals surface area (Å²) in [4.78, 5) is 4.79. The van der Waals surface area contributed by atoms with Crippen LogP contribution in [0.3, 0.4) is 0 Å². The number of nitrogens with zero attached hydrogens (tertiary/aromatic N) is 4. The molecule has 0 aliphatic carbocycles. The molecule has 6 heteroatoms. The molecule has 0 amide bonds. The van der Waals surface area contributed by atoms with Gasteiger partial charge in [0.1, 0.15) is 5.82 Å². The molecule has 7 rings (SSSR count). The SMILES string of the molecule is Cc1ccnc(-n2c3[c-]c(Oc4[c-]c(-n5nc(C)c(-c6ccccc6)c5C)cc(C(C)(C)C)c4)ccc3c3cc(C(C)C(C)C)ccc32)c1.[Pt+2]. The monoisotopic (exact) mass is 839 g/mol. The number of benzene rings is 4. The molecule has 0 fully saturated rings. The minimum Gasteiger partial charge on any atom is -0.509 e. The number of rotatable bonds is 7. The van der Waals surface area contributed by atoms with Crippen LogP contribution in [0.2, 0.25) is 0 Å². The molecule has 5 nitrogen and oxygen atoms in total. The van der Waals surface area contributed by atoms with E-state index in [-0.39, 0.29) is 26.5 Å². The predicted octanol–water partition coefficient (Wildman–Crippen LogP) is 11.4. The van der Waals surface area contributed by atoms with Crippen LogP contribution >= 0.6 is 0 Å². The summed E-state index contributed by atoms with van der Waals surface area (Å²) in [6.07, 6.45) is 1.87. The van der Waals surface area contributed by atoms with Crippen molar-refractivity contribution >= 4 is 21.8 Å². The first-order chi connectivity index (χ1) is 23.4. The van der Waals surface area contributed by atoms with Gasteiger partial charge >= 0.3 is 21.1 Å². The zero-order chi connectivity index (χ0) is 34.6. The summed E-state index contributed by atoms with van der Waals surface area (Å²) in [6.45, 7) is 19.8. The molecule has 3 aromatic heterocycles. The van der Waals surface area contributed by atoms with Crippen molar-refractivity contribution in [2.24, 2.45) is 5.92 Å². The van der Waals surface area contributed by atoms with Crippen molar-refractivity contribution in [1.82, 2.24) is 19.3 Å². The fraction of sp³-hybridized carbons (Fsp3) is 0.273. The maximum absolute atomic E-state index is 6.66. The Morgan fingerprint density at radius 1 is 0.780 bits per heavy atom. The van der Waals surface area contributed by atoms with Crippen molar-refractivity contribution in [1.29, 1.82) is 0 Å². The Morgan fingerprint density at radius 3 is 2.24 bits per heavy atom. The first-order valence-corrected chi connectivity index (χ1v) is 17.2. The maximum Gasteiger partial charge on any atom is 2.00 e. The molecule has 0 aliphatic rings. The minimum atomic E-state index is -0.123. The van der Waals surface area contributed by atoms with E-state index in [1.165, 1.54) is 10.9 Å². The Balaban J connectivity index is 0.00000432. The van der Waals surface area contributed by atoms with Crippen LogP contribution in [0.4, 0.5) is 0 Å². The number of pyridine rings is 1. The summed E-state index contributed by atoms with van der Waals surface area (Å²) < 4.78 is 10.9. The molecule has 4 aromatic carbocycles. The third-order valence-electron chi connectivity index (χ3n) is 9.83. The van der Waals surface area contributed by atoms with Crippen LogP contribution in [0, 0.1) is 38.8 Å². The standard InChI is InChI=1S/C44H44N4O.Pt/c1-27(2)29(4)33-15-18-40-39(22-33)38-17-16-36(26-41(38)47(40)42-21-28(3)19-20-45-42)49-37-24-34(44(7,8)9)23-35(25-37)48-31(6)43(30(5)46-48)32-13-11-10-12-14-32;/h10-24,27,29H,1-9H3;/q-2;+2. The molecular formula is C44H44N4OPt. The fourth-order valence-corrected chi connectivity index (χ4v) is 6.70. The van der Waals surface area contributed by atoms with Crippen molar-refractivity contribution in [3.63, 3.8) is 0 Å². The molecule has 1 atom stereocenters. The first kappa shape index (κ1) is 35.4. The summed E-state index contributed by atoms with van der Waals surface area (Å²) in [5.74, 6) is 3.08. The quantitative estimate of drug-likeness (QED) is 0.150. The fourth-order valence-electron chi connectivity index (χ4n) is 6.70. The van der Waals surface area contributed by atoms with Crippen LogP contribution in [0.1, 0.15) is 75.5 Å². The van der Waals surface area contributed by atoms with Crippen LogP contribution in [-0.4, -0.2) is 19.3 Å². The van der Waals surface area contributed by atoms with Crippen LogP contribution in [-0.2, 0) is 26.5 Å². The maximum atomic E-state index is 6.66. The van der Waals surface area contributed by atoms with E-state index < -0.39 is 0 Å². The smallest absolute Gasteiger partial charge is 0.509 e. The van der Waals surface area contributed by atoms with Crippen molar-refractivity contribution in [3.8, 4) is 34.1 Å². The molecule has 0 N–H and O–H groups in total. The van der Waals surface area contributed by atoms with Crippen LogP contribution < -0.4 is 4.74 Å². The first-order valence-electron chi connectivity index (χ1n) is 17.2. The Labute approximate surface area is 310 Å². The van der Waals surface area contributed by atoms with Gasteiger partial charge in [0.15, 0.2) is 0 Å². The van der Waals surface area contributed by atoms with Gasteiger partial charge in [0, 0.05) is 34.5 Å². The number of fused-ring (bicyclic) bond motifs is 3. The van der Waals surface area contributed by atoms with E-state index in [4.69, 9.17) is 14.8 Å². The second kappa shape index (κ2) is 13.7. The van der Waals surface area contributed by atoms with Crippen LogP contribution in [0.5, 0.6) is 11.5 Å². The van der Waals surface area contributed by atoms with Crippen LogP contribution in [0.15, 0.2) is 91.1 Å². The predicted molar refractivity (Wildman–Crippen MR) is 201 cm³/mol. The Hall–Kier alpha value is -4.47. The van der Waals surface area contributed by atoms with Gasteiger partial charge in [-0.05, 0) is 84.0 Å². The summed E-state index contributed by atoms with van der Waals surface area (Å²) in [5, 5.41) is 7.29. The average molecular weight is 840 g/mol. The minimum absolute atomic E-state index is 0. The zero-order valence-corrected chi connectivity index (χ0v) is 32.6. The van der Waals surface area contributed by atoms with E-state index in [0.717, 1.165) is 61.6 Å². The second-order valence-electron chi connectivity index (χ2n) is 14.7. The average Bonchev–Trinajstić information content (AvgIpc) is 3.56. The summed E-state index contributed by atoms with van der Waals surface area (Å²) in [5.41, 5.74) is 10.7. The topological polar surface area (TPSA) is 44.9 Å². The normalized spacial score (nSPS) is 12.4. The largest absolute Gasteiger partial charge is 2.00 e. The Morgan fingerprint density at radius 2 is 1.54 bits per heavy atom. The number of hydrogen-bond acceptors (Lipinski definition) is 3. The van der Waals surface area contributed by atoms with E-state index in [0.29, 0.717) is 23.3 Å². The molecule has 0 saturated carbocycles. The van der Waals surface area contributed by atoms with Gasteiger partial charge in [-0.15, -0.1) is 41.3 Å². The number of aromatic nitrogens is 4. The number of aryl methyl sites for hydroxylation is 2. The zero-order valence-electron chi connectivity index (χ0n) is 30.3. The molecule has 50 heavy (non-hydrogen) atoms. The third-order valence-corrected chi connectivity index (χ3v) is 9.83. The van der Waals surface area contributed by atoms with E-state index in [2.05, 4.69) is 146 Å². The van der Waals surface area contributed by atoms with Crippen molar-refractivity contribution in [2.45, 2.75) is 73.6 Å². The second-order valence-corrected chi connectivity index (χ2v) is 14.7. The molecule has 256 valence electrons. The molecule has 0 saturated heterocycles. The third kappa shape index (κ3) is 6.56. The Kier molecular flexibility index (Phi) is 9.67. The van der Waals surface area contributed by atoms with Crippen molar-refractivity contribution < 1.29 is 25.8 Å². The van der Waals surface area contributed by atoms with E-state index in [9.17, 15) is 0 Å². The molecule has 0 aliphatic heterocycles. The van der Waals surface area contributed by atoms with Gasteiger partial charge < -0.3 is 9.30 Å². The molecule has 0 spiro atoms. The van der Waals surface area contributed by atoms with E-state index in [1.807, 2.05) is 29.1 Å². The van der Waals surface area contributed by atoms with Crippen LogP contribution in [0.25, 0.3) is 44.4 Å². The van der Waals surface area contributed by atoms with Gasteiger partial charge in [0.05, 0.1) is 5.69 Å². The van der Waals surface area contributed by atoms with Gasteiger partial charge in [-0.3, -0.25) is 4.68 Å². The van der Waals surface area contributed by atoms with Crippen molar-refractivity contribution in [3.05, 3.63) is 131 Å². The molecule has 3 heterocycles. The summed E-state index contributed by atoms with van der Waals surface area (Å²) in [7, 11) is 0. The molecule has 0 bridgehead atoms. The van der Waals surface area contributed by atoms with Gasteiger partial charge in [-0.2, -0.15) is 11.2 Å². The van der Waals surface area contributed by atoms with Crippen molar-refractivity contribution in [2.75, 3.05) is 0 Å². The molecule has 7 aromatic rings.